The summed E-state index contributed by atoms with van der Waals surface area (Å²) in [6, 6.07) is 0. The molecule has 0 bridgehead atoms. The molecule has 6 aliphatic rings. The van der Waals surface area contributed by atoms with E-state index in [0.717, 1.165) is 38.6 Å². The number of hydrogen-bond acceptors (Lipinski definition) is 4. The van der Waals surface area contributed by atoms with Gasteiger partial charge in [0.15, 0.2) is 0 Å². The predicted octanol–water partition coefficient (Wildman–Crippen LogP) is 2.77. The average molecular weight is 359 g/mol. The minimum atomic E-state index is 0.145. The Kier molecular flexibility index (Phi) is 3.44. The van der Waals surface area contributed by atoms with Crippen LogP contribution in [0, 0.1) is 34.5 Å². The summed E-state index contributed by atoms with van der Waals surface area (Å²) < 4.78 is 6.26. The van der Waals surface area contributed by atoms with Crippen molar-refractivity contribution in [1.82, 2.24) is 9.80 Å². The molecule has 4 heteroatoms. The van der Waals surface area contributed by atoms with E-state index in [4.69, 9.17) is 4.74 Å². The number of piperazine rings is 1. The van der Waals surface area contributed by atoms with Crippen molar-refractivity contribution < 1.29 is 9.53 Å². The molecule has 2 aliphatic heterocycles. The maximum atomic E-state index is 12.9. The number of nitrogens with zero attached hydrogens (tertiary/aromatic N) is 2. The van der Waals surface area contributed by atoms with Crippen molar-refractivity contribution >= 4 is 5.97 Å². The lowest BCUT2D eigenvalue weighted by Crippen LogP contribution is -2.47. The molecule has 26 heavy (non-hydrogen) atoms. The SMILES string of the molecule is CN1CCN(C[C@@H]2C(=O)O[C@H]3[C@H]2CCC2(CC2)[C@@H]2CCC4(CC4)[C@H]32)CC1. The first kappa shape index (κ1) is 16.4. The summed E-state index contributed by atoms with van der Waals surface area (Å²) in [7, 11) is 2.20. The van der Waals surface area contributed by atoms with Crippen LogP contribution in [0.15, 0.2) is 0 Å². The van der Waals surface area contributed by atoms with Crippen LogP contribution in [0.4, 0.5) is 0 Å². The highest BCUT2D eigenvalue weighted by Gasteiger charge is 2.69. The summed E-state index contributed by atoms with van der Waals surface area (Å²) in [5.41, 5.74) is 1.24. The van der Waals surface area contributed by atoms with E-state index in [0.29, 0.717) is 22.7 Å². The third-order valence-corrected chi connectivity index (χ3v) is 9.54. The molecule has 4 saturated carbocycles. The second-order valence-corrected chi connectivity index (χ2v) is 10.7. The Labute approximate surface area is 157 Å². The highest BCUT2D eigenvalue weighted by molar-refractivity contribution is 5.75. The second kappa shape index (κ2) is 5.47. The van der Waals surface area contributed by atoms with Crippen molar-refractivity contribution in [3.63, 3.8) is 0 Å². The summed E-state index contributed by atoms with van der Waals surface area (Å²) in [5, 5.41) is 0. The molecule has 0 aromatic heterocycles. The van der Waals surface area contributed by atoms with Crippen molar-refractivity contribution in [3.8, 4) is 0 Å². The molecule has 0 aromatic rings. The minimum absolute atomic E-state index is 0.145. The van der Waals surface area contributed by atoms with Gasteiger partial charge in [0, 0.05) is 44.6 Å². The van der Waals surface area contributed by atoms with E-state index in [1.807, 2.05) is 0 Å². The molecular formula is C22H34N2O2. The van der Waals surface area contributed by atoms with Crippen LogP contribution in [0.1, 0.15) is 51.4 Å². The van der Waals surface area contributed by atoms with Crippen molar-refractivity contribution in [2.24, 2.45) is 34.5 Å². The van der Waals surface area contributed by atoms with E-state index < -0.39 is 0 Å². The van der Waals surface area contributed by atoms with Crippen LogP contribution in [0.3, 0.4) is 0 Å². The number of hydrogen-bond donors (Lipinski definition) is 0. The first-order valence-corrected chi connectivity index (χ1v) is 11.2. The Balaban J connectivity index is 1.26. The lowest BCUT2D eigenvalue weighted by molar-refractivity contribution is -0.148. The number of ether oxygens (including phenoxy) is 1. The van der Waals surface area contributed by atoms with E-state index in [1.54, 1.807) is 0 Å². The molecule has 5 atom stereocenters. The normalized spacial score (nSPS) is 46.0. The zero-order chi connectivity index (χ0) is 17.5. The maximum Gasteiger partial charge on any atom is 0.310 e. The lowest BCUT2D eigenvalue weighted by atomic mass is 9.73. The molecule has 144 valence electrons. The Morgan fingerprint density at radius 3 is 2.35 bits per heavy atom. The first-order chi connectivity index (χ1) is 12.6. The van der Waals surface area contributed by atoms with Crippen molar-refractivity contribution in [2.45, 2.75) is 57.5 Å². The molecule has 0 amide bonds. The largest absolute Gasteiger partial charge is 0.461 e. The summed E-state index contributed by atoms with van der Waals surface area (Å²) in [6.45, 7) is 5.43. The van der Waals surface area contributed by atoms with Crippen LogP contribution >= 0.6 is 0 Å². The third-order valence-electron chi connectivity index (χ3n) is 9.54. The van der Waals surface area contributed by atoms with Gasteiger partial charge in [-0.05, 0) is 75.2 Å². The van der Waals surface area contributed by atoms with Gasteiger partial charge in [0.25, 0.3) is 0 Å². The van der Waals surface area contributed by atoms with E-state index in [2.05, 4.69) is 16.8 Å². The third kappa shape index (κ3) is 2.30. The fourth-order valence-corrected chi connectivity index (χ4v) is 7.58. The molecule has 0 aromatic carbocycles. The number of fused-ring (bicyclic) bond motifs is 5. The minimum Gasteiger partial charge on any atom is -0.461 e. The van der Waals surface area contributed by atoms with Gasteiger partial charge >= 0.3 is 5.97 Å². The van der Waals surface area contributed by atoms with Crippen LogP contribution in [0.5, 0.6) is 0 Å². The fraction of sp³-hybridized carbons (Fsp3) is 0.955. The lowest BCUT2D eigenvalue weighted by Gasteiger charge is -2.35. The van der Waals surface area contributed by atoms with Crippen LogP contribution in [-0.4, -0.2) is 61.6 Å². The fourth-order valence-electron chi connectivity index (χ4n) is 7.58. The van der Waals surface area contributed by atoms with Gasteiger partial charge in [-0.2, -0.15) is 0 Å². The summed E-state index contributed by atoms with van der Waals surface area (Å²) in [4.78, 5) is 17.9. The second-order valence-electron chi connectivity index (χ2n) is 10.7. The Morgan fingerprint density at radius 1 is 0.962 bits per heavy atom. The molecule has 0 radical (unpaired) electrons. The molecular weight excluding hydrogens is 324 g/mol. The van der Waals surface area contributed by atoms with Gasteiger partial charge in [-0.1, -0.05) is 0 Å². The Morgan fingerprint density at radius 2 is 1.65 bits per heavy atom. The van der Waals surface area contributed by atoms with Crippen molar-refractivity contribution in [2.75, 3.05) is 39.8 Å². The van der Waals surface area contributed by atoms with Gasteiger partial charge < -0.3 is 9.64 Å². The van der Waals surface area contributed by atoms with Gasteiger partial charge in [0.05, 0.1) is 5.92 Å². The zero-order valence-corrected chi connectivity index (χ0v) is 16.3. The van der Waals surface area contributed by atoms with Crippen molar-refractivity contribution in [3.05, 3.63) is 0 Å². The topological polar surface area (TPSA) is 32.8 Å². The molecule has 0 unspecified atom stereocenters. The first-order valence-electron chi connectivity index (χ1n) is 11.2. The van der Waals surface area contributed by atoms with E-state index in [1.165, 1.54) is 51.4 Å². The van der Waals surface area contributed by atoms with Crippen LogP contribution in [0.2, 0.25) is 0 Å². The molecule has 6 fully saturated rings. The Hall–Kier alpha value is -0.610. The smallest absolute Gasteiger partial charge is 0.310 e. The van der Waals surface area contributed by atoms with Gasteiger partial charge in [0.2, 0.25) is 0 Å². The standard InChI is InChI=1S/C22H34N2O2/c1-23-10-12-24(13-11-23)14-16-15-2-4-21(6-7-21)17-3-5-22(8-9-22)18(17)19(15)26-20(16)25/h15-19H,2-14H2,1H3/t15-,16-,17+,18-,19-/m0/s1. The monoisotopic (exact) mass is 358 g/mol. The van der Waals surface area contributed by atoms with Gasteiger partial charge in [-0.3, -0.25) is 9.69 Å². The zero-order valence-electron chi connectivity index (χ0n) is 16.3. The predicted molar refractivity (Wildman–Crippen MR) is 99.6 cm³/mol. The average Bonchev–Trinajstić information content (AvgIpc) is 3.52. The summed E-state index contributed by atoms with van der Waals surface area (Å²) in [5.74, 6) is 2.38. The van der Waals surface area contributed by atoms with Gasteiger partial charge in [-0.15, -0.1) is 0 Å². The highest BCUT2D eigenvalue weighted by Crippen LogP contribution is 2.74. The molecule has 2 heterocycles. The van der Waals surface area contributed by atoms with Crippen LogP contribution < -0.4 is 0 Å². The maximum absolute atomic E-state index is 12.9. The molecule has 2 saturated heterocycles. The van der Waals surface area contributed by atoms with E-state index >= 15 is 0 Å². The summed E-state index contributed by atoms with van der Waals surface area (Å²) >= 11 is 0. The van der Waals surface area contributed by atoms with Gasteiger partial charge in [0.1, 0.15) is 6.10 Å². The quantitative estimate of drug-likeness (QED) is 0.711. The van der Waals surface area contributed by atoms with E-state index in [9.17, 15) is 4.79 Å². The molecule has 4 aliphatic carbocycles. The number of carbonyl (C=O) groups is 1. The molecule has 4 nitrogen and oxygen atoms in total. The number of esters is 1. The number of carbonyl (C=O) groups excluding carboxylic acids is 1. The number of likely N-dealkylation sites (N-methyl/N-ethyl adjacent to an activating group) is 1. The molecule has 0 N–H and O–H groups in total. The van der Waals surface area contributed by atoms with Gasteiger partial charge in [-0.25, -0.2) is 0 Å². The Bertz CT molecular complexity index is 603. The molecule has 2 spiro atoms. The summed E-state index contributed by atoms with van der Waals surface area (Å²) in [6.07, 6.45) is 11.5. The van der Waals surface area contributed by atoms with Crippen LogP contribution in [-0.2, 0) is 9.53 Å². The van der Waals surface area contributed by atoms with E-state index in [-0.39, 0.29) is 18.0 Å². The number of rotatable bonds is 2. The highest BCUT2D eigenvalue weighted by atomic mass is 16.6. The molecule has 6 rings (SSSR count). The van der Waals surface area contributed by atoms with Crippen LogP contribution in [0.25, 0.3) is 0 Å². The van der Waals surface area contributed by atoms with Crippen molar-refractivity contribution in [1.29, 1.82) is 0 Å².